The molecule has 3 aliphatic rings. The van der Waals surface area contributed by atoms with E-state index in [0.29, 0.717) is 50.8 Å². The number of nitrogens with two attached hydrogens (primary N) is 1. The van der Waals surface area contributed by atoms with E-state index in [9.17, 15) is 9.59 Å². The lowest BCUT2D eigenvalue weighted by Crippen LogP contribution is -2.45. The molecule has 134 valence electrons. The molecule has 7 heteroatoms. The second-order valence-corrected chi connectivity index (χ2v) is 6.72. The highest BCUT2D eigenvalue weighted by Gasteiger charge is 2.42. The molecule has 2 saturated heterocycles. The molecule has 2 unspecified atom stereocenters. The van der Waals surface area contributed by atoms with Gasteiger partial charge in [0, 0.05) is 37.4 Å². The van der Waals surface area contributed by atoms with Crippen molar-refractivity contribution in [3.05, 3.63) is 18.2 Å². The average molecular weight is 345 g/mol. The van der Waals surface area contributed by atoms with Crippen LogP contribution in [0.25, 0.3) is 0 Å². The number of fused-ring (bicyclic) bond motifs is 1. The van der Waals surface area contributed by atoms with Gasteiger partial charge in [0.15, 0.2) is 11.5 Å². The van der Waals surface area contributed by atoms with Crippen LogP contribution in [-0.4, -0.2) is 55.6 Å². The number of amides is 2. The number of carbonyl (C=O) groups excluding carboxylic acids is 2. The van der Waals surface area contributed by atoms with Crippen LogP contribution in [0.5, 0.6) is 11.5 Å². The Morgan fingerprint density at radius 3 is 2.76 bits per heavy atom. The highest BCUT2D eigenvalue weighted by molar-refractivity contribution is 6.09. The van der Waals surface area contributed by atoms with Gasteiger partial charge in [-0.05, 0) is 31.4 Å². The van der Waals surface area contributed by atoms with Gasteiger partial charge in [0.2, 0.25) is 11.8 Å². The van der Waals surface area contributed by atoms with E-state index >= 15 is 0 Å². The van der Waals surface area contributed by atoms with Gasteiger partial charge in [-0.2, -0.15) is 0 Å². The predicted molar refractivity (Wildman–Crippen MR) is 91.7 cm³/mol. The Morgan fingerprint density at radius 1 is 1.16 bits per heavy atom. The molecular formula is C18H23N3O4. The molecule has 1 aromatic carbocycles. The number of rotatable bonds is 3. The molecule has 0 saturated carbocycles. The van der Waals surface area contributed by atoms with E-state index in [1.807, 2.05) is 18.2 Å². The number of carbonyl (C=O) groups is 2. The fraction of sp³-hybridized carbons (Fsp3) is 0.556. The summed E-state index contributed by atoms with van der Waals surface area (Å²) < 4.78 is 11.1. The lowest BCUT2D eigenvalue weighted by Gasteiger charge is -2.26. The van der Waals surface area contributed by atoms with Crippen LogP contribution in [0.1, 0.15) is 19.3 Å². The molecule has 0 radical (unpaired) electrons. The number of ether oxygens (including phenoxy) is 2. The van der Waals surface area contributed by atoms with Gasteiger partial charge in [0.05, 0.1) is 0 Å². The van der Waals surface area contributed by atoms with Crippen LogP contribution >= 0.6 is 0 Å². The normalized spacial score (nSPS) is 25.6. The van der Waals surface area contributed by atoms with Crippen molar-refractivity contribution in [1.29, 1.82) is 0 Å². The number of nitrogens with zero attached hydrogens (tertiary/aromatic N) is 2. The van der Waals surface area contributed by atoms with Crippen LogP contribution in [0, 0.1) is 5.92 Å². The quantitative estimate of drug-likeness (QED) is 0.818. The van der Waals surface area contributed by atoms with E-state index in [0.717, 1.165) is 18.5 Å². The highest BCUT2D eigenvalue weighted by Crippen LogP contribution is 2.36. The lowest BCUT2D eigenvalue weighted by molar-refractivity contribution is -0.140. The van der Waals surface area contributed by atoms with E-state index < -0.39 is 5.92 Å². The average Bonchev–Trinajstić information content (AvgIpc) is 3.27. The largest absolute Gasteiger partial charge is 0.486 e. The van der Waals surface area contributed by atoms with Gasteiger partial charge in [-0.3, -0.25) is 9.59 Å². The predicted octanol–water partition coefficient (Wildman–Crippen LogP) is 0.760. The Morgan fingerprint density at radius 2 is 1.96 bits per heavy atom. The maximum absolute atomic E-state index is 12.8. The minimum atomic E-state index is -0.597. The van der Waals surface area contributed by atoms with E-state index in [1.165, 1.54) is 0 Å². The maximum Gasteiger partial charge on any atom is 0.239 e. The Labute approximate surface area is 146 Å². The van der Waals surface area contributed by atoms with Crippen molar-refractivity contribution in [3.8, 4) is 11.5 Å². The monoisotopic (exact) mass is 345 g/mol. The molecule has 2 fully saturated rings. The molecule has 0 aliphatic carbocycles. The zero-order valence-electron chi connectivity index (χ0n) is 14.1. The van der Waals surface area contributed by atoms with Gasteiger partial charge < -0.3 is 25.0 Å². The Hall–Kier alpha value is -2.28. The molecule has 0 spiro atoms. The summed E-state index contributed by atoms with van der Waals surface area (Å²) in [5, 5.41) is 0. The molecule has 3 heterocycles. The van der Waals surface area contributed by atoms with Crippen molar-refractivity contribution < 1.29 is 19.1 Å². The zero-order valence-corrected chi connectivity index (χ0v) is 14.1. The summed E-state index contributed by atoms with van der Waals surface area (Å²) in [6.07, 6.45) is 2.43. The van der Waals surface area contributed by atoms with Gasteiger partial charge in [0.1, 0.15) is 19.1 Å². The molecule has 3 aliphatic heterocycles. The molecule has 2 amide bonds. The number of anilines is 1. The summed E-state index contributed by atoms with van der Waals surface area (Å²) in [6, 6.07) is 5.55. The van der Waals surface area contributed by atoms with Crippen molar-refractivity contribution >= 4 is 17.5 Å². The summed E-state index contributed by atoms with van der Waals surface area (Å²) in [7, 11) is 0. The third-order valence-electron chi connectivity index (χ3n) is 5.27. The van der Waals surface area contributed by atoms with Crippen LogP contribution in [0.3, 0.4) is 0 Å². The maximum atomic E-state index is 12.8. The molecule has 25 heavy (non-hydrogen) atoms. The van der Waals surface area contributed by atoms with Crippen molar-refractivity contribution in [3.63, 3.8) is 0 Å². The Kier molecular flexibility index (Phi) is 4.25. The summed E-state index contributed by atoms with van der Waals surface area (Å²) in [5.41, 5.74) is 6.51. The van der Waals surface area contributed by atoms with E-state index in [-0.39, 0.29) is 17.9 Å². The number of hydrogen-bond donors (Lipinski definition) is 1. The number of benzene rings is 1. The van der Waals surface area contributed by atoms with Crippen LogP contribution < -0.4 is 20.1 Å². The minimum absolute atomic E-state index is 0.0713. The molecule has 0 bridgehead atoms. The molecule has 2 atom stereocenters. The van der Waals surface area contributed by atoms with Crippen molar-refractivity contribution in [2.45, 2.75) is 25.3 Å². The smallest absolute Gasteiger partial charge is 0.239 e. The van der Waals surface area contributed by atoms with Gasteiger partial charge >= 0.3 is 0 Å². The lowest BCUT2D eigenvalue weighted by atomic mass is 10.1. The van der Waals surface area contributed by atoms with Gasteiger partial charge in [-0.15, -0.1) is 0 Å². The summed E-state index contributed by atoms with van der Waals surface area (Å²) >= 11 is 0. The van der Waals surface area contributed by atoms with Crippen molar-refractivity contribution in [2.24, 2.45) is 11.7 Å². The molecule has 0 aromatic heterocycles. The molecule has 1 aromatic rings. The molecule has 7 nitrogen and oxygen atoms in total. The van der Waals surface area contributed by atoms with Crippen LogP contribution in [0.15, 0.2) is 18.2 Å². The number of hydrogen-bond acceptors (Lipinski definition) is 5. The first-order chi connectivity index (χ1) is 12.2. The van der Waals surface area contributed by atoms with Gasteiger partial charge in [-0.1, -0.05) is 0 Å². The van der Waals surface area contributed by atoms with E-state index in [4.69, 9.17) is 15.2 Å². The van der Waals surface area contributed by atoms with E-state index in [1.54, 1.807) is 9.80 Å². The zero-order chi connectivity index (χ0) is 17.4. The fourth-order valence-corrected chi connectivity index (χ4v) is 3.94. The second kappa shape index (κ2) is 6.55. The third-order valence-corrected chi connectivity index (χ3v) is 5.27. The first-order valence-electron chi connectivity index (χ1n) is 8.90. The Bertz CT molecular complexity index is 693. The van der Waals surface area contributed by atoms with Gasteiger partial charge in [-0.25, -0.2) is 0 Å². The first kappa shape index (κ1) is 16.2. The molecular weight excluding hydrogens is 322 g/mol. The van der Waals surface area contributed by atoms with Crippen LogP contribution in [-0.2, 0) is 9.59 Å². The fourth-order valence-electron chi connectivity index (χ4n) is 3.94. The highest BCUT2D eigenvalue weighted by atomic mass is 16.6. The second-order valence-electron chi connectivity index (χ2n) is 6.72. The van der Waals surface area contributed by atoms with Crippen molar-refractivity contribution in [1.82, 2.24) is 4.90 Å². The Balaban J connectivity index is 1.51. The topological polar surface area (TPSA) is 85.1 Å². The molecule has 2 N–H and O–H groups in total. The summed E-state index contributed by atoms with van der Waals surface area (Å²) in [5.74, 6) is 0.536. The van der Waals surface area contributed by atoms with E-state index in [2.05, 4.69) is 0 Å². The SMILES string of the molecule is NCC1CCCN1C(=O)C1CCN(c2ccc3c(c2)OCCO3)C1=O. The van der Waals surface area contributed by atoms with Crippen LogP contribution in [0.2, 0.25) is 0 Å². The molecule has 4 rings (SSSR count). The standard InChI is InChI=1S/C18H23N3O4/c19-11-13-2-1-6-20(13)17(22)14-5-7-21(18(14)23)12-3-4-15-16(10-12)25-9-8-24-15/h3-4,10,13-14H,1-2,5-9,11,19H2. The van der Waals surface area contributed by atoms with Gasteiger partial charge in [0.25, 0.3) is 0 Å². The van der Waals surface area contributed by atoms with Crippen LogP contribution in [0.4, 0.5) is 5.69 Å². The number of likely N-dealkylation sites (tertiary alicyclic amines) is 1. The summed E-state index contributed by atoms with van der Waals surface area (Å²) in [6.45, 7) is 2.73. The third kappa shape index (κ3) is 2.82. The first-order valence-corrected chi connectivity index (χ1v) is 8.90. The summed E-state index contributed by atoms with van der Waals surface area (Å²) in [4.78, 5) is 29.1. The minimum Gasteiger partial charge on any atom is -0.486 e. The van der Waals surface area contributed by atoms with Crippen molar-refractivity contribution in [2.75, 3.05) is 37.7 Å².